The van der Waals surface area contributed by atoms with Gasteiger partial charge in [-0.2, -0.15) is 5.10 Å². The van der Waals surface area contributed by atoms with E-state index in [2.05, 4.69) is 22.5 Å². The zero-order valence-corrected chi connectivity index (χ0v) is 14.4. The van der Waals surface area contributed by atoms with Gasteiger partial charge in [-0.25, -0.2) is 0 Å². The second-order valence-electron chi connectivity index (χ2n) is 5.73. The lowest BCUT2D eigenvalue weighted by Crippen LogP contribution is -2.13. The van der Waals surface area contributed by atoms with Crippen LogP contribution in [-0.2, 0) is 6.54 Å². The molecular weight excluding hydrogens is 314 g/mol. The van der Waals surface area contributed by atoms with Crippen molar-refractivity contribution in [1.29, 1.82) is 0 Å². The van der Waals surface area contributed by atoms with Gasteiger partial charge < -0.3 is 10.1 Å². The van der Waals surface area contributed by atoms with Crippen LogP contribution in [0.1, 0.15) is 28.5 Å². The van der Waals surface area contributed by atoms with Crippen LogP contribution in [0.25, 0.3) is 0 Å². The number of carbonyl (C=O) groups excluding carboxylic acids is 1. The van der Waals surface area contributed by atoms with Gasteiger partial charge in [0, 0.05) is 17.3 Å². The summed E-state index contributed by atoms with van der Waals surface area (Å²) >= 11 is 0. The van der Waals surface area contributed by atoms with Gasteiger partial charge >= 0.3 is 0 Å². The van der Waals surface area contributed by atoms with Crippen molar-refractivity contribution < 1.29 is 9.53 Å². The number of nitrogens with one attached hydrogen (secondary N) is 1. The fourth-order valence-electron chi connectivity index (χ4n) is 2.55. The van der Waals surface area contributed by atoms with Crippen LogP contribution in [0, 0.1) is 6.92 Å². The van der Waals surface area contributed by atoms with E-state index in [0.29, 0.717) is 24.5 Å². The van der Waals surface area contributed by atoms with Gasteiger partial charge in [-0.15, -0.1) is 0 Å². The first-order chi connectivity index (χ1) is 12.2. The minimum Gasteiger partial charge on any atom is -0.494 e. The van der Waals surface area contributed by atoms with Crippen molar-refractivity contribution in [2.45, 2.75) is 20.4 Å². The molecule has 1 N–H and O–H groups in total. The molecule has 0 saturated heterocycles. The molecular formula is C20H21N3O2. The Morgan fingerprint density at radius 2 is 1.84 bits per heavy atom. The number of nitrogens with zero attached hydrogens (tertiary/aromatic N) is 2. The number of benzene rings is 2. The molecule has 0 radical (unpaired) electrons. The Balaban J connectivity index is 1.68. The lowest BCUT2D eigenvalue weighted by atomic mass is 10.2. The molecule has 0 unspecified atom stereocenters. The number of ether oxygens (including phenoxy) is 1. The number of aryl methyl sites for hydroxylation is 1. The number of anilines is 1. The van der Waals surface area contributed by atoms with Crippen molar-refractivity contribution in [2.24, 2.45) is 0 Å². The summed E-state index contributed by atoms with van der Waals surface area (Å²) < 4.78 is 7.27. The van der Waals surface area contributed by atoms with Gasteiger partial charge in [0.05, 0.1) is 13.2 Å². The van der Waals surface area contributed by atoms with E-state index < -0.39 is 0 Å². The van der Waals surface area contributed by atoms with Gasteiger partial charge in [-0.3, -0.25) is 9.48 Å². The van der Waals surface area contributed by atoms with E-state index >= 15 is 0 Å². The van der Waals surface area contributed by atoms with Crippen LogP contribution in [0.2, 0.25) is 0 Å². The molecule has 0 aliphatic heterocycles. The molecule has 0 spiro atoms. The van der Waals surface area contributed by atoms with E-state index in [9.17, 15) is 4.79 Å². The van der Waals surface area contributed by atoms with Crippen molar-refractivity contribution in [3.63, 3.8) is 0 Å². The number of hydrogen-bond donors (Lipinski definition) is 1. The number of rotatable bonds is 6. The maximum atomic E-state index is 12.4. The average molecular weight is 335 g/mol. The summed E-state index contributed by atoms with van der Waals surface area (Å²) in [6, 6.07) is 19.0. The van der Waals surface area contributed by atoms with E-state index in [-0.39, 0.29) is 5.91 Å². The maximum Gasteiger partial charge on any atom is 0.256 e. The standard InChI is InChI=1S/C20H21N3O2/c1-3-25-18-11-9-17(10-12-18)20(24)21-19-13-15(2)23(22-19)14-16-7-5-4-6-8-16/h4-13H,3,14H2,1-2H3,(H,21,22,24). The lowest BCUT2D eigenvalue weighted by molar-refractivity contribution is 0.102. The SMILES string of the molecule is CCOc1ccc(C(=O)Nc2cc(C)n(Cc3ccccc3)n2)cc1. The van der Waals surface area contributed by atoms with Gasteiger partial charge in [0.15, 0.2) is 5.82 Å². The molecule has 0 aliphatic carbocycles. The van der Waals surface area contributed by atoms with E-state index in [1.807, 2.05) is 42.8 Å². The molecule has 5 nitrogen and oxygen atoms in total. The Bertz CT molecular complexity index is 839. The van der Waals surface area contributed by atoms with Gasteiger partial charge in [0.1, 0.15) is 5.75 Å². The second kappa shape index (κ2) is 7.66. The smallest absolute Gasteiger partial charge is 0.256 e. The molecule has 3 rings (SSSR count). The molecule has 0 aliphatic rings. The van der Waals surface area contributed by atoms with Crippen molar-refractivity contribution >= 4 is 11.7 Å². The maximum absolute atomic E-state index is 12.4. The van der Waals surface area contributed by atoms with Gasteiger partial charge in [0.25, 0.3) is 5.91 Å². The number of hydrogen-bond acceptors (Lipinski definition) is 3. The molecule has 128 valence electrons. The van der Waals surface area contributed by atoms with E-state index in [0.717, 1.165) is 17.0 Å². The fourth-order valence-corrected chi connectivity index (χ4v) is 2.55. The number of amides is 1. The highest BCUT2D eigenvalue weighted by molar-refractivity contribution is 6.03. The van der Waals surface area contributed by atoms with Crippen LogP contribution in [0.5, 0.6) is 5.75 Å². The molecule has 0 saturated carbocycles. The summed E-state index contributed by atoms with van der Waals surface area (Å²) in [6.07, 6.45) is 0. The van der Waals surface area contributed by atoms with Crippen LogP contribution < -0.4 is 10.1 Å². The fraction of sp³-hybridized carbons (Fsp3) is 0.200. The van der Waals surface area contributed by atoms with E-state index in [4.69, 9.17) is 4.74 Å². The van der Waals surface area contributed by atoms with Crippen molar-refractivity contribution in [2.75, 3.05) is 11.9 Å². The second-order valence-corrected chi connectivity index (χ2v) is 5.73. The first-order valence-corrected chi connectivity index (χ1v) is 8.28. The van der Waals surface area contributed by atoms with E-state index in [1.165, 1.54) is 0 Å². The summed E-state index contributed by atoms with van der Waals surface area (Å²) in [4.78, 5) is 12.4. The van der Waals surface area contributed by atoms with Crippen molar-refractivity contribution in [1.82, 2.24) is 9.78 Å². The first-order valence-electron chi connectivity index (χ1n) is 8.28. The third-order valence-electron chi connectivity index (χ3n) is 3.83. The topological polar surface area (TPSA) is 56.1 Å². The van der Waals surface area contributed by atoms with Gasteiger partial charge in [0.2, 0.25) is 0 Å². The Kier molecular flexibility index (Phi) is 5.14. The molecule has 1 amide bonds. The Hall–Kier alpha value is -3.08. The Labute approximate surface area is 147 Å². The molecule has 0 bridgehead atoms. The van der Waals surface area contributed by atoms with Crippen LogP contribution in [0.3, 0.4) is 0 Å². The summed E-state index contributed by atoms with van der Waals surface area (Å²) in [5, 5.41) is 7.32. The van der Waals surface area contributed by atoms with E-state index in [1.54, 1.807) is 24.3 Å². The van der Waals surface area contributed by atoms with Crippen LogP contribution in [-0.4, -0.2) is 22.3 Å². The average Bonchev–Trinajstić information content (AvgIpc) is 2.96. The Morgan fingerprint density at radius 1 is 1.12 bits per heavy atom. The highest BCUT2D eigenvalue weighted by Crippen LogP contribution is 2.15. The van der Waals surface area contributed by atoms with Crippen molar-refractivity contribution in [3.05, 3.63) is 77.5 Å². The van der Waals surface area contributed by atoms with Crippen LogP contribution in [0.4, 0.5) is 5.82 Å². The summed E-state index contributed by atoms with van der Waals surface area (Å²) in [7, 11) is 0. The lowest BCUT2D eigenvalue weighted by Gasteiger charge is -2.05. The largest absolute Gasteiger partial charge is 0.494 e. The zero-order valence-electron chi connectivity index (χ0n) is 14.4. The molecule has 0 fully saturated rings. The molecule has 0 atom stereocenters. The molecule has 5 heteroatoms. The minimum atomic E-state index is -0.188. The molecule has 3 aromatic rings. The summed E-state index contributed by atoms with van der Waals surface area (Å²) in [5.74, 6) is 1.11. The summed E-state index contributed by atoms with van der Waals surface area (Å²) in [5.41, 5.74) is 2.72. The molecule has 25 heavy (non-hydrogen) atoms. The molecule has 1 aromatic heterocycles. The highest BCUT2D eigenvalue weighted by Gasteiger charge is 2.10. The zero-order chi connectivity index (χ0) is 17.6. The normalized spacial score (nSPS) is 10.5. The number of carbonyl (C=O) groups is 1. The molecule has 2 aromatic carbocycles. The third kappa shape index (κ3) is 4.26. The van der Waals surface area contributed by atoms with Gasteiger partial charge in [-0.1, -0.05) is 30.3 Å². The highest BCUT2D eigenvalue weighted by atomic mass is 16.5. The predicted molar refractivity (Wildman–Crippen MR) is 98.1 cm³/mol. The van der Waals surface area contributed by atoms with Gasteiger partial charge in [-0.05, 0) is 43.7 Å². The first kappa shape index (κ1) is 16.8. The Morgan fingerprint density at radius 3 is 2.52 bits per heavy atom. The van der Waals surface area contributed by atoms with Crippen LogP contribution in [0.15, 0.2) is 60.7 Å². The molecule has 1 heterocycles. The number of aromatic nitrogens is 2. The minimum absolute atomic E-state index is 0.188. The van der Waals surface area contributed by atoms with Crippen LogP contribution >= 0.6 is 0 Å². The monoisotopic (exact) mass is 335 g/mol. The van der Waals surface area contributed by atoms with Crippen molar-refractivity contribution in [3.8, 4) is 5.75 Å². The quantitative estimate of drug-likeness (QED) is 0.743. The summed E-state index contributed by atoms with van der Waals surface area (Å²) in [6.45, 7) is 5.17. The predicted octanol–water partition coefficient (Wildman–Crippen LogP) is 3.89. The third-order valence-corrected chi connectivity index (χ3v) is 3.83.